The Balaban J connectivity index is 2.24. The molecular formula is C19H25NO. The second-order valence-electron chi connectivity index (χ2n) is 6.46. The van der Waals surface area contributed by atoms with E-state index in [1.807, 2.05) is 18.2 Å². The van der Waals surface area contributed by atoms with Gasteiger partial charge in [0, 0.05) is 7.11 Å². The summed E-state index contributed by atoms with van der Waals surface area (Å²) in [5, 5.41) is 0. The monoisotopic (exact) mass is 283 g/mol. The number of hydrogen-bond donors (Lipinski definition) is 1. The van der Waals surface area contributed by atoms with Crippen LogP contribution < -0.4 is 5.73 Å². The van der Waals surface area contributed by atoms with E-state index in [0.717, 1.165) is 11.1 Å². The summed E-state index contributed by atoms with van der Waals surface area (Å²) in [5.41, 5.74) is 10.1. The molecule has 2 nitrogen and oxygen atoms in total. The van der Waals surface area contributed by atoms with Crippen LogP contribution in [0.4, 0.5) is 0 Å². The largest absolute Gasteiger partial charge is 0.375 e. The summed E-state index contributed by atoms with van der Waals surface area (Å²) in [6.45, 7) is 6.64. The molecule has 0 radical (unpaired) electrons. The zero-order chi connectivity index (χ0) is 15.5. The van der Waals surface area contributed by atoms with E-state index >= 15 is 0 Å². The van der Waals surface area contributed by atoms with Crippen LogP contribution in [0.15, 0.2) is 54.6 Å². The highest BCUT2D eigenvalue weighted by molar-refractivity contribution is 5.31. The second-order valence-corrected chi connectivity index (χ2v) is 6.46. The molecule has 2 atom stereocenters. The van der Waals surface area contributed by atoms with Crippen molar-refractivity contribution in [3.05, 3.63) is 71.3 Å². The molecule has 0 saturated heterocycles. The first-order valence-corrected chi connectivity index (χ1v) is 7.37. The first-order chi connectivity index (χ1) is 9.93. The number of hydrogen-bond acceptors (Lipinski definition) is 2. The fourth-order valence-corrected chi connectivity index (χ4v) is 2.51. The predicted octanol–water partition coefficient (Wildman–Crippen LogP) is 4.37. The average Bonchev–Trinajstić information content (AvgIpc) is 2.48. The van der Waals surface area contributed by atoms with Crippen LogP contribution in [0.1, 0.15) is 49.6 Å². The highest BCUT2D eigenvalue weighted by Gasteiger charge is 2.21. The van der Waals surface area contributed by atoms with Crippen molar-refractivity contribution in [1.82, 2.24) is 0 Å². The fourth-order valence-electron chi connectivity index (χ4n) is 2.51. The van der Waals surface area contributed by atoms with Gasteiger partial charge in [0.05, 0.1) is 6.04 Å². The van der Waals surface area contributed by atoms with Crippen LogP contribution in [0.5, 0.6) is 0 Å². The molecule has 0 spiro atoms. The van der Waals surface area contributed by atoms with Gasteiger partial charge >= 0.3 is 0 Å². The lowest BCUT2D eigenvalue weighted by Gasteiger charge is -2.25. The third kappa shape index (κ3) is 3.72. The zero-order valence-corrected chi connectivity index (χ0v) is 13.3. The maximum absolute atomic E-state index is 6.42. The topological polar surface area (TPSA) is 35.2 Å². The van der Waals surface area contributed by atoms with Crippen molar-refractivity contribution in [2.45, 2.75) is 38.3 Å². The Morgan fingerprint density at radius 3 is 1.90 bits per heavy atom. The Morgan fingerprint density at radius 1 is 0.857 bits per heavy atom. The van der Waals surface area contributed by atoms with E-state index in [9.17, 15) is 0 Å². The smallest absolute Gasteiger partial charge is 0.101 e. The molecule has 2 N–H and O–H groups in total. The van der Waals surface area contributed by atoms with Crippen LogP contribution in [0.2, 0.25) is 0 Å². The summed E-state index contributed by atoms with van der Waals surface area (Å²) in [6.07, 6.45) is -0.133. The van der Waals surface area contributed by atoms with E-state index in [-0.39, 0.29) is 17.6 Å². The van der Waals surface area contributed by atoms with E-state index in [1.54, 1.807) is 7.11 Å². The van der Waals surface area contributed by atoms with Crippen molar-refractivity contribution in [2.24, 2.45) is 5.73 Å². The zero-order valence-electron chi connectivity index (χ0n) is 13.3. The Morgan fingerprint density at radius 2 is 1.43 bits per heavy atom. The van der Waals surface area contributed by atoms with Crippen LogP contribution in [-0.2, 0) is 10.2 Å². The van der Waals surface area contributed by atoms with Gasteiger partial charge in [-0.1, -0.05) is 75.4 Å². The summed E-state index contributed by atoms with van der Waals surface area (Å²) in [5.74, 6) is 0. The molecule has 0 saturated carbocycles. The first kappa shape index (κ1) is 15.7. The summed E-state index contributed by atoms with van der Waals surface area (Å²) >= 11 is 0. The summed E-state index contributed by atoms with van der Waals surface area (Å²) in [7, 11) is 1.71. The van der Waals surface area contributed by atoms with Crippen molar-refractivity contribution >= 4 is 0 Å². The highest BCUT2D eigenvalue weighted by atomic mass is 16.5. The number of nitrogens with two attached hydrogens (primary N) is 1. The van der Waals surface area contributed by atoms with E-state index < -0.39 is 0 Å². The summed E-state index contributed by atoms with van der Waals surface area (Å²) in [6, 6.07) is 18.5. The Bertz CT molecular complexity index is 554. The third-order valence-corrected chi connectivity index (χ3v) is 3.87. The van der Waals surface area contributed by atoms with E-state index in [1.165, 1.54) is 5.56 Å². The Hall–Kier alpha value is -1.64. The lowest BCUT2D eigenvalue weighted by Crippen LogP contribution is -2.21. The third-order valence-electron chi connectivity index (χ3n) is 3.87. The molecule has 2 heteroatoms. The molecule has 0 bridgehead atoms. The van der Waals surface area contributed by atoms with E-state index in [2.05, 4.69) is 57.2 Å². The van der Waals surface area contributed by atoms with E-state index in [4.69, 9.17) is 10.5 Å². The van der Waals surface area contributed by atoms with Crippen LogP contribution >= 0.6 is 0 Å². The maximum atomic E-state index is 6.42. The molecule has 0 aliphatic carbocycles. The molecule has 0 aliphatic rings. The van der Waals surface area contributed by atoms with Crippen LogP contribution in [0.25, 0.3) is 0 Å². The van der Waals surface area contributed by atoms with Gasteiger partial charge in [0.1, 0.15) is 6.10 Å². The predicted molar refractivity (Wildman–Crippen MR) is 88.3 cm³/mol. The van der Waals surface area contributed by atoms with Crippen molar-refractivity contribution < 1.29 is 4.74 Å². The summed E-state index contributed by atoms with van der Waals surface area (Å²) < 4.78 is 5.63. The van der Waals surface area contributed by atoms with Gasteiger partial charge in [-0.05, 0) is 22.1 Å². The molecule has 2 unspecified atom stereocenters. The second kappa shape index (κ2) is 6.42. The van der Waals surface area contributed by atoms with Crippen molar-refractivity contribution in [3.8, 4) is 0 Å². The molecule has 0 aromatic heterocycles. The lowest BCUT2D eigenvalue weighted by atomic mass is 9.85. The molecule has 0 aliphatic heterocycles. The molecule has 0 amide bonds. The minimum absolute atomic E-state index is 0.133. The van der Waals surface area contributed by atoms with Gasteiger partial charge in [0.25, 0.3) is 0 Å². The molecular weight excluding hydrogens is 258 g/mol. The number of ether oxygens (including phenoxy) is 1. The highest BCUT2D eigenvalue weighted by Crippen LogP contribution is 2.31. The molecule has 0 fully saturated rings. The maximum Gasteiger partial charge on any atom is 0.101 e. The standard InChI is InChI=1S/C19H25NO/c1-19(2,3)16-12-10-14(11-13-16)17(20)18(21-4)15-8-6-5-7-9-15/h5-13,17-18H,20H2,1-4H3. The first-order valence-electron chi connectivity index (χ1n) is 7.37. The minimum Gasteiger partial charge on any atom is -0.375 e. The van der Waals surface area contributed by atoms with Crippen LogP contribution in [0.3, 0.4) is 0 Å². The normalized spacial score (nSPS) is 14.7. The fraction of sp³-hybridized carbons (Fsp3) is 0.368. The average molecular weight is 283 g/mol. The number of benzene rings is 2. The van der Waals surface area contributed by atoms with Crippen LogP contribution in [0, 0.1) is 0 Å². The van der Waals surface area contributed by atoms with Gasteiger partial charge in [0.2, 0.25) is 0 Å². The molecule has 112 valence electrons. The van der Waals surface area contributed by atoms with Crippen LogP contribution in [-0.4, -0.2) is 7.11 Å². The molecule has 2 aromatic carbocycles. The van der Waals surface area contributed by atoms with Gasteiger partial charge < -0.3 is 10.5 Å². The molecule has 21 heavy (non-hydrogen) atoms. The van der Waals surface area contributed by atoms with Crippen molar-refractivity contribution in [3.63, 3.8) is 0 Å². The minimum atomic E-state index is -0.175. The van der Waals surface area contributed by atoms with Crippen molar-refractivity contribution in [1.29, 1.82) is 0 Å². The van der Waals surface area contributed by atoms with Crippen molar-refractivity contribution in [2.75, 3.05) is 7.11 Å². The lowest BCUT2D eigenvalue weighted by molar-refractivity contribution is 0.0802. The van der Waals surface area contributed by atoms with Gasteiger partial charge in [-0.3, -0.25) is 0 Å². The number of rotatable bonds is 4. The van der Waals surface area contributed by atoms with Gasteiger partial charge in [0.15, 0.2) is 0 Å². The number of methoxy groups -OCH3 is 1. The molecule has 2 rings (SSSR count). The van der Waals surface area contributed by atoms with Gasteiger partial charge in [-0.15, -0.1) is 0 Å². The van der Waals surface area contributed by atoms with Gasteiger partial charge in [-0.25, -0.2) is 0 Å². The van der Waals surface area contributed by atoms with E-state index in [0.29, 0.717) is 0 Å². The quantitative estimate of drug-likeness (QED) is 0.904. The Labute approximate surface area is 127 Å². The van der Waals surface area contributed by atoms with Gasteiger partial charge in [-0.2, -0.15) is 0 Å². The SMILES string of the molecule is COC(c1ccccc1)C(N)c1ccc(C(C)(C)C)cc1. The molecule has 2 aromatic rings. The Kier molecular flexibility index (Phi) is 4.81. The summed E-state index contributed by atoms with van der Waals surface area (Å²) in [4.78, 5) is 0. The molecule has 0 heterocycles.